The number of thiazole rings is 1. The number of carbonyl (C=O) groups is 1. The molecule has 0 aliphatic heterocycles. The van der Waals surface area contributed by atoms with Crippen LogP contribution in [0, 0.1) is 0 Å². The van der Waals surface area contributed by atoms with Gasteiger partial charge in [-0.3, -0.25) is 14.8 Å². The second-order valence-corrected chi connectivity index (χ2v) is 9.24. The third-order valence-corrected chi connectivity index (χ3v) is 6.13. The second-order valence-electron chi connectivity index (χ2n) is 8.21. The first-order valence-electron chi connectivity index (χ1n) is 11.1. The van der Waals surface area contributed by atoms with Crippen molar-refractivity contribution >= 4 is 22.9 Å². The number of nitrogens with one attached hydrogen (secondary N) is 2. The first-order chi connectivity index (χ1) is 16.0. The molecule has 1 fully saturated rings. The Morgan fingerprint density at radius 2 is 2.12 bits per heavy atom. The lowest BCUT2D eigenvalue weighted by Crippen LogP contribution is -2.31. The van der Waals surface area contributed by atoms with Gasteiger partial charge in [0.15, 0.2) is 5.01 Å². The van der Waals surface area contributed by atoms with Gasteiger partial charge in [0.25, 0.3) is 5.91 Å². The van der Waals surface area contributed by atoms with Gasteiger partial charge < -0.3 is 20.3 Å². The highest BCUT2D eigenvalue weighted by atomic mass is 32.1. The van der Waals surface area contributed by atoms with E-state index in [1.54, 1.807) is 24.8 Å². The van der Waals surface area contributed by atoms with E-state index in [9.17, 15) is 4.79 Å². The van der Waals surface area contributed by atoms with E-state index in [2.05, 4.69) is 35.5 Å². The SMILES string of the molecule is CCOc1cncc(-c2cnc(C(=O)NC(CCN(C)C)c3cc(NC4CC4)ccn3)s2)n1. The van der Waals surface area contributed by atoms with Crippen LogP contribution in [0.4, 0.5) is 5.69 Å². The van der Waals surface area contributed by atoms with Crippen molar-refractivity contribution in [3.8, 4) is 16.5 Å². The average Bonchev–Trinajstić information content (AvgIpc) is 3.47. The number of aromatic nitrogens is 4. The molecular weight excluding hydrogens is 438 g/mol. The van der Waals surface area contributed by atoms with Gasteiger partial charge in [0, 0.05) is 24.1 Å². The quantitative estimate of drug-likeness (QED) is 0.442. The first kappa shape index (κ1) is 23.1. The number of hydrogen-bond donors (Lipinski definition) is 2. The molecule has 1 aliphatic rings. The minimum absolute atomic E-state index is 0.228. The fourth-order valence-corrected chi connectivity index (χ4v) is 4.05. The molecule has 1 saturated carbocycles. The Hall–Kier alpha value is -3.11. The lowest BCUT2D eigenvalue weighted by atomic mass is 10.1. The summed E-state index contributed by atoms with van der Waals surface area (Å²) in [5, 5.41) is 7.00. The van der Waals surface area contributed by atoms with Crippen molar-refractivity contribution in [1.29, 1.82) is 0 Å². The van der Waals surface area contributed by atoms with Gasteiger partial charge in [0.1, 0.15) is 5.69 Å². The van der Waals surface area contributed by atoms with E-state index in [0.717, 1.165) is 29.2 Å². The largest absolute Gasteiger partial charge is 0.477 e. The summed E-state index contributed by atoms with van der Waals surface area (Å²) < 4.78 is 5.42. The van der Waals surface area contributed by atoms with Crippen LogP contribution >= 0.6 is 11.3 Å². The predicted octanol–water partition coefficient (Wildman–Crippen LogP) is 3.39. The Bertz CT molecular complexity index is 1080. The van der Waals surface area contributed by atoms with Gasteiger partial charge in [-0.2, -0.15) is 0 Å². The molecule has 0 aromatic carbocycles. The Kier molecular flexibility index (Phi) is 7.46. The van der Waals surface area contributed by atoms with E-state index in [1.165, 1.54) is 24.2 Å². The van der Waals surface area contributed by atoms with Crippen molar-refractivity contribution in [3.05, 3.63) is 47.6 Å². The van der Waals surface area contributed by atoms with Crippen LogP contribution in [0.1, 0.15) is 47.7 Å². The van der Waals surface area contributed by atoms with Crippen LogP contribution in [0.15, 0.2) is 36.9 Å². The molecule has 174 valence electrons. The monoisotopic (exact) mass is 467 g/mol. The van der Waals surface area contributed by atoms with E-state index in [4.69, 9.17) is 4.74 Å². The van der Waals surface area contributed by atoms with Crippen molar-refractivity contribution in [2.45, 2.75) is 38.3 Å². The number of hydrogen-bond acceptors (Lipinski definition) is 9. The molecule has 0 spiro atoms. The van der Waals surface area contributed by atoms with Crippen LogP contribution in [0.2, 0.25) is 0 Å². The van der Waals surface area contributed by atoms with Crippen LogP contribution in [0.5, 0.6) is 5.88 Å². The van der Waals surface area contributed by atoms with Gasteiger partial charge in [-0.1, -0.05) is 0 Å². The maximum atomic E-state index is 13.1. The van der Waals surface area contributed by atoms with Crippen LogP contribution in [-0.2, 0) is 0 Å². The summed E-state index contributed by atoms with van der Waals surface area (Å²) in [6.45, 7) is 3.22. The summed E-state index contributed by atoms with van der Waals surface area (Å²) in [5.41, 5.74) is 2.50. The predicted molar refractivity (Wildman–Crippen MR) is 129 cm³/mol. The molecule has 3 heterocycles. The lowest BCUT2D eigenvalue weighted by Gasteiger charge is -2.20. The summed E-state index contributed by atoms with van der Waals surface area (Å²) in [6.07, 6.45) is 9.77. The standard InChI is InChI=1S/C23H29N7O2S/c1-4-32-21-14-24-12-19(28-21)20-13-26-23(33-20)22(31)29-17(8-10-30(2)3)18-11-16(7-9-25-18)27-15-5-6-15/h7,9,11-15,17H,4-6,8,10H2,1-3H3,(H,25,27)(H,29,31). The molecule has 9 nitrogen and oxygen atoms in total. The Morgan fingerprint density at radius 3 is 2.88 bits per heavy atom. The highest BCUT2D eigenvalue weighted by Crippen LogP contribution is 2.28. The molecule has 1 atom stereocenters. The van der Waals surface area contributed by atoms with E-state index in [-0.39, 0.29) is 11.9 Å². The summed E-state index contributed by atoms with van der Waals surface area (Å²) in [5.74, 6) is 0.218. The van der Waals surface area contributed by atoms with Crippen molar-refractivity contribution in [1.82, 2.24) is 30.2 Å². The molecule has 1 aliphatic carbocycles. The molecule has 3 aromatic rings. The Balaban J connectivity index is 1.49. The number of amides is 1. The summed E-state index contributed by atoms with van der Waals surface area (Å²) in [7, 11) is 4.03. The summed E-state index contributed by atoms with van der Waals surface area (Å²) in [4.78, 5) is 33.4. The second kappa shape index (κ2) is 10.7. The topological polar surface area (TPSA) is 105 Å². The van der Waals surface area contributed by atoms with Gasteiger partial charge in [-0.05, 0) is 59.0 Å². The first-order valence-corrected chi connectivity index (χ1v) is 11.9. The lowest BCUT2D eigenvalue weighted by molar-refractivity contribution is 0.0931. The van der Waals surface area contributed by atoms with Crippen molar-refractivity contribution in [2.24, 2.45) is 0 Å². The summed E-state index contributed by atoms with van der Waals surface area (Å²) in [6, 6.07) is 4.32. The molecule has 33 heavy (non-hydrogen) atoms. The van der Waals surface area contributed by atoms with Crippen LogP contribution in [0.25, 0.3) is 10.6 Å². The number of ether oxygens (including phenoxy) is 1. The molecule has 1 unspecified atom stereocenters. The number of rotatable bonds is 11. The minimum atomic E-state index is -0.230. The van der Waals surface area contributed by atoms with Crippen molar-refractivity contribution in [3.63, 3.8) is 0 Å². The Morgan fingerprint density at radius 1 is 1.27 bits per heavy atom. The number of anilines is 1. The third-order valence-electron chi connectivity index (χ3n) is 5.11. The fraction of sp³-hybridized carbons (Fsp3) is 0.435. The van der Waals surface area contributed by atoms with Crippen LogP contribution < -0.4 is 15.4 Å². The highest BCUT2D eigenvalue weighted by molar-refractivity contribution is 7.16. The van der Waals surface area contributed by atoms with E-state index in [0.29, 0.717) is 29.2 Å². The molecule has 0 bridgehead atoms. The van der Waals surface area contributed by atoms with Crippen molar-refractivity contribution < 1.29 is 9.53 Å². The summed E-state index contributed by atoms with van der Waals surface area (Å²) >= 11 is 1.28. The van der Waals surface area contributed by atoms with Gasteiger partial charge in [-0.15, -0.1) is 11.3 Å². The molecule has 0 saturated heterocycles. The average molecular weight is 468 g/mol. The fourth-order valence-electron chi connectivity index (χ4n) is 3.28. The van der Waals surface area contributed by atoms with Crippen LogP contribution in [-0.4, -0.2) is 64.0 Å². The van der Waals surface area contributed by atoms with Gasteiger partial charge in [0.05, 0.1) is 35.6 Å². The van der Waals surface area contributed by atoms with Crippen molar-refractivity contribution in [2.75, 3.05) is 32.6 Å². The molecule has 2 N–H and O–H groups in total. The highest BCUT2D eigenvalue weighted by Gasteiger charge is 2.23. The zero-order chi connectivity index (χ0) is 23.2. The van der Waals surface area contributed by atoms with E-state index >= 15 is 0 Å². The zero-order valence-corrected chi connectivity index (χ0v) is 19.9. The smallest absolute Gasteiger partial charge is 0.280 e. The zero-order valence-electron chi connectivity index (χ0n) is 19.1. The molecule has 1 amide bonds. The number of carbonyl (C=O) groups excluding carboxylic acids is 1. The maximum absolute atomic E-state index is 13.1. The third kappa shape index (κ3) is 6.45. The number of pyridine rings is 1. The van der Waals surface area contributed by atoms with Crippen LogP contribution in [0.3, 0.4) is 0 Å². The maximum Gasteiger partial charge on any atom is 0.280 e. The van der Waals surface area contributed by atoms with Gasteiger partial charge in [0.2, 0.25) is 5.88 Å². The molecular formula is C23H29N7O2S. The molecule has 4 rings (SSSR count). The molecule has 0 radical (unpaired) electrons. The van der Waals surface area contributed by atoms with E-state index < -0.39 is 0 Å². The molecule has 3 aromatic heterocycles. The van der Waals surface area contributed by atoms with E-state index in [1.807, 2.05) is 33.2 Å². The Labute approximate surface area is 197 Å². The number of nitrogens with zero attached hydrogens (tertiary/aromatic N) is 5. The normalized spacial score (nSPS) is 14.2. The molecule has 10 heteroatoms. The van der Waals surface area contributed by atoms with Gasteiger partial charge in [-0.25, -0.2) is 9.97 Å². The van der Waals surface area contributed by atoms with Gasteiger partial charge >= 0.3 is 0 Å². The minimum Gasteiger partial charge on any atom is -0.477 e.